The number of carbonyl (C=O) groups excluding carboxylic acids is 2. The van der Waals surface area contributed by atoms with E-state index < -0.39 is 6.03 Å². The summed E-state index contributed by atoms with van der Waals surface area (Å²) in [6.07, 6.45) is 0. The molecular weight excluding hydrogens is 384 g/mol. The summed E-state index contributed by atoms with van der Waals surface area (Å²) in [6.45, 7) is 1.58. The Balaban J connectivity index is 1.53. The number of hydrogen-bond acceptors (Lipinski definition) is 7. The van der Waals surface area contributed by atoms with Gasteiger partial charge in [0.2, 0.25) is 12.7 Å². The molecule has 144 valence electrons. The van der Waals surface area contributed by atoms with E-state index in [0.29, 0.717) is 39.3 Å². The number of anilines is 3. The van der Waals surface area contributed by atoms with Gasteiger partial charge >= 0.3 is 6.03 Å². The normalized spacial score (nSPS) is 11.9. The summed E-state index contributed by atoms with van der Waals surface area (Å²) in [7, 11) is 1.52. The molecular formula is C18H16N4O5S. The molecule has 3 N–H and O–H groups in total. The number of amides is 3. The summed E-state index contributed by atoms with van der Waals surface area (Å²) in [5.41, 5.74) is 1.71. The van der Waals surface area contributed by atoms with Crippen molar-refractivity contribution in [1.29, 1.82) is 0 Å². The van der Waals surface area contributed by atoms with Gasteiger partial charge in [0, 0.05) is 30.4 Å². The van der Waals surface area contributed by atoms with Crippen LogP contribution in [0.3, 0.4) is 0 Å². The summed E-state index contributed by atoms with van der Waals surface area (Å²) < 4.78 is 16.7. The molecule has 0 aliphatic carbocycles. The molecule has 0 radical (unpaired) electrons. The first-order chi connectivity index (χ1) is 13.5. The Hall–Kier alpha value is -3.53. The fourth-order valence-corrected chi connectivity index (χ4v) is 3.67. The lowest BCUT2D eigenvalue weighted by Gasteiger charge is -2.10. The van der Waals surface area contributed by atoms with Crippen LogP contribution in [0.1, 0.15) is 6.92 Å². The molecule has 0 saturated carbocycles. The van der Waals surface area contributed by atoms with Crippen molar-refractivity contribution in [2.45, 2.75) is 6.92 Å². The zero-order chi connectivity index (χ0) is 19.7. The van der Waals surface area contributed by atoms with Crippen molar-refractivity contribution >= 4 is 50.0 Å². The van der Waals surface area contributed by atoms with Crippen molar-refractivity contribution in [2.75, 3.05) is 29.9 Å². The van der Waals surface area contributed by atoms with Crippen LogP contribution in [0.5, 0.6) is 17.2 Å². The molecule has 3 amide bonds. The average Bonchev–Trinajstić information content (AvgIpc) is 3.26. The number of rotatable bonds is 4. The molecule has 0 unspecified atom stereocenters. The molecule has 0 atom stereocenters. The lowest BCUT2D eigenvalue weighted by atomic mass is 10.2. The van der Waals surface area contributed by atoms with E-state index in [9.17, 15) is 9.59 Å². The first-order valence-electron chi connectivity index (χ1n) is 8.25. The quantitative estimate of drug-likeness (QED) is 0.617. The summed E-state index contributed by atoms with van der Waals surface area (Å²) in [5.74, 6) is 1.50. The molecule has 2 aromatic carbocycles. The first kappa shape index (κ1) is 17.9. The molecule has 0 fully saturated rings. The highest BCUT2D eigenvalue weighted by molar-refractivity contribution is 7.22. The minimum Gasteiger partial charge on any atom is -0.494 e. The molecule has 1 aromatic heterocycles. The largest absolute Gasteiger partial charge is 0.494 e. The molecule has 28 heavy (non-hydrogen) atoms. The van der Waals surface area contributed by atoms with Crippen LogP contribution in [0.2, 0.25) is 0 Å². The topological polar surface area (TPSA) is 111 Å². The van der Waals surface area contributed by atoms with Crippen molar-refractivity contribution in [1.82, 2.24) is 4.98 Å². The smallest absolute Gasteiger partial charge is 0.323 e. The highest BCUT2D eigenvalue weighted by atomic mass is 32.1. The number of nitrogens with zero attached hydrogens (tertiary/aromatic N) is 1. The van der Waals surface area contributed by atoms with E-state index in [0.717, 1.165) is 4.70 Å². The minimum atomic E-state index is -0.424. The molecule has 10 heteroatoms. The zero-order valence-corrected chi connectivity index (χ0v) is 15.8. The lowest BCUT2D eigenvalue weighted by Crippen LogP contribution is -2.19. The summed E-state index contributed by atoms with van der Waals surface area (Å²) in [5, 5.41) is 8.62. The van der Waals surface area contributed by atoms with Crippen LogP contribution in [0.25, 0.3) is 10.2 Å². The van der Waals surface area contributed by atoms with Crippen molar-refractivity contribution < 1.29 is 23.8 Å². The van der Waals surface area contributed by atoms with Gasteiger partial charge in [-0.15, -0.1) is 0 Å². The number of urea groups is 1. The molecule has 4 rings (SSSR count). The monoisotopic (exact) mass is 400 g/mol. The maximum Gasteiger partial charge on any atom is 0.323 e. The van der Waals surface area contributed by atoms with E-state index in [-0.39, 0.29) is 12.7 Å². The van der Waals surface area contributed by atoms with Crippen molar-refractivity contribution in [3.63, 3.8) is 0 Å². The fourth-order valence-electron chi connectivity index (χ4n) is 2.70. The van der Waals surface area contributed by atoms with Crippen LogP contribution in [0, 0.1) is 0 Å². The molecule has 0 saturated heterocycles. The Kier molecular flexibility index (Phi) is 4.62. The van der Waals surface area contributed by atoms with E-state index in [1.165, 1.54) is 25.4 Å². The van der Waals surface area contributed by atoms with Crippen molar-refractivity contribution in [2.24, 2.45) is 0 Å². The van der Waals surface area contributed by atoms with Gasteiger partial charge in [0.25, 0.3) is 0 Å². The Labute approximate surface area is 163 Å². The first-order valence-corrected chi connectivity index (χ1v) is 9.07. The lowest BCUT2D eigenvalue weighted by molar-refractivity contribution is -0.114. The Morgan fingerprint density at radius 3 is 2.64 bits per heavy atom. The average molecular weight is 400 g/mol. The molecule has 3 aromatic rings. The number of thiazole rings is 1. The number of aromatic nitrogens is 1. The number of methoxy groups -OCH3 is 1. The Morgan fingerprint density at radius 1 is 1.07 bits per heavy atom. The van der Waals surface area contributed by atoms with E-state index in [1.54, 1.807) is 30.3 Å². The minimum absolute atomic E-state index is 0.167. The van der Waals surface area contributed by atoms with Gasteiger partial charge in [-0.1, -0.05) is 11.3 Å². The number of hydrogen-bond donors (Lipinski definition) is 3. The Morgan fingerprint density at radius 2 is 1.86 bits per heavy atom. The van der Waals surface area contributed by atoms with Crippen LogP contribution in [0.15, 0.2) is 30.3 Å². The molecule has 0 spiro atoms. The predicted molar refractivity (Wildman–Crippen MR) is 106 cm³/mol. The third-order valence-electron chi connectivity index (χ3n) is 3.85. The summed E-state index contributed by atoms with van der Waals surface area (Å²) >= 11 is 1.29. The SMILES string of the molecule is COc1cc(NC(=O)Nc2ccc3c(c2)OCO3)cc2sc(NC(C)=O)nc12. The maximum atomic E-state index is 12.4. The van der Waals surface area contributed by atoms with Gasteiger partial charge in [0.1, 0.15) is 11.3 Å². The van der Waals surface area contributed by atoms with Gasteiger partial charge in [-0.2, -0.15) is 0 Å². The maximum absolute atomic E-state index is 12.4. The highest BCUT2D eigenvalue weighted by Gasteiger charge is 2.16. The number of carbonyl (C=O) groups is 2. The van der Waals surface area contributed by atoms with E-state index in [4.69, 9.17) is 14.2 Å². The number of ether oxygens (including phenoxy) is 3. The van der Waals surface area contributed by atoms with Gasteiger partial charge in [0.05, 0.1) is 11.8 Å². The zero-order valence-electron chi connectivity index (χ0n) is 15.0. The molecule has 1 aliphatic rings. The fraction of sp³-hybridized carbons (Fsp3) is 0.167. The van der Waals surface area contributed by atoms with Crippen molar-refractivity contribution in [3.8, 4) is 17.2 Å². The standard InChI is InChI=1S/C18H16N4O5S/c1-9(23)19-18-22-16-14(25-2)6-11(7-15(16)28-18)21-17(24)20-10-3-4-12-13(5-10)27-8-26-12/h3-7H,8H2,1-2H3,(H,19,22,23)(H2,20,21,24). The molecule has 1 aliphatic heterocycles. The van der Waals surface area contributed by atoms with Crippen LogP contribution in [0.4, 0.5) is 21.3 Å². The van der Waals surface area contributed by atoms with Gasteiger partial charge in [0.15, 0.2) is 16.6 Å². The van der Waals surface area contributed by atoms with Crippen molar-refractivity contribution in [3.05, 3.63) is 30.3 Å². The predicted octanol–water partition coefficient (Wildman–Crippen LogP) is 3.64. The van der Waals surface area contributed by atoms with Crippen LogP contribution in [-0.2, 0) is 4.79 Å². The summed E-state index contributed by atoms with van der Waals surface area (Å²) in [6, 6.07) is 8.15. The third kappa shape index (κ3) is 3.62. The molecule has 9 nitrogen and oxygen atoms in total. The molecule has 0 bridgehead atoms. The number of benzene rings is 2. The highest BCUT2D eigenvalue weighted by Crippen LogP contribution is 2.36. The van der Waals surface area contributed by atoms with Gasteiger partial charge in [-0.25, -0.2) is 9.78 Å². The number of fused-ring (bicyclic) bond motifs is 2. The van der Waals surface area contributed by atoms with Gasteiger partial charge < -0.3 is 30.2 Å². The third-order valence-corrected chi connectivity index (χ3v) is 4.77. The van der Waals surface area contributed by atoms with E-state index in [2.05, 4.69) is 20.9 Å². The second-order valence-corrected chi connectivity index (χ2v) is 6.90. The number of nitrogens with one attached hydrogen (secondary N) is 3. The second kappa shape index (κ2) is 7.24. The summed E-state index contributed by atoms with van der Waals surface area (Å²) in [4.78, 5) is 28.0. The Bertz CT molecular complexity index is 1080. The van der Waals surface area contributed by atoms with Crippen LogP contribution >= 0.6 is 11.3 Å². The van der Waals surface area contributed by atoms with E-state index >= 15 is 0 Å². The molecule has 2 heterocycles. The van der Waals surface area contributed by atoms with Gasteiger partial charge in [-0.3, -0.25) is 4.79 Å². The van der Waals surface area contributed by atoms with Crippen LogP contribution in [-0.4, -0.2) is 30.8 Å². The second-order valence-electron chi connectivity index (χ2n) is 5.87. The van der Waals surface area contributed by atoms with Gasteiger partial charge in [-0.05, 0) is 18.2 Å². The van der Waals surface area contributed by atoms with E-state index in [1.807, 2.05) is 0 Å². The van der Waals surface area contributed by atoms with Crippen LogP contribution < -0.4 is 30.2 Å².